The first kappa shape index (κ1) is 16.0. The highest BCUT2D eigenvalue weighted by Crippen LogP contribution is 2.17. The van der Waals surface area contributed by atoms with Crippen LogP contribution >= 0.6 is 11.5 Å². The lowest BCUT2D eigenvalue weighted by atomic mass is 10.1. The van der Waals surface area contributed by atoms with Crippen LogP contribution in [0, 0.1) is 0 Å². The molecule has 120 valence electrons. The molecule has 1 N–H and O–H groups in total. The van der Waals surface area contributed by atoms with Gasteiger partial charge in [0.25, 0.3) is 5.91 Å². The molecule has 2 heterocycles. The Hall–Kier alpha value is -2.86. The first-order valence-corrected chi connectivity index (χ1v) is 8.35. The summed E-state index contributed by atoms with van der Waals surface area (Å²) in [6.07, 6.45) is 6.34. The molecule has 0 radical (unpaired) electrons. The second kappa shape index (κ2) is 7.61. The van der Waals surface area contributed by atoms with Gasteiger partial charge in [0.15, 0.2) is 0 Å². The maximum Gasteiger partial charge on any atom is 0.269 e. The second-order valence-corrected chi connectivity index (χ2v) is 5.82. The van der Waals surface area contributed by atoms with E-state index in [-0.39, 0.29) is 5.91 Å². The molecule has 1 aromatic carbocycles. The van der Waals surface area contributed by atoms with Crippen molar-refractivity contribution in [2.75, 3.05) is 5.32 Å². The Labute approximate surface area is 144 Å². The lowest BCUT2D eigenvalue weighted by Gasteiger charge is -2.05. The molecule has 0 aliphatic heterocycles. The molecule has 3 aromatic rings. The number of aryl methyl sites for hydroxylation is 1. The van der Waals surface area contributed by atoms with Crippen LogP contribution in [0.4, 0.5) is 5.69 Å². The number of pyridine rings is 1. The van der Waals surface area contributed by atoms with Gasteiger partial charge in [-0.2, -0.15) is 0 Å². The van der Waals surface area contributed by atoms with Crippen LogP contribution in [0.2, 0.25) is 0 Å². The van der Waals surface area contributed by atoms with Crippen LogP contribution in [0.3, 0.4) is 0 Å². The van der Waals surface area contributed by atoms with E-state index < -0.39 is 0 Å². The molecule has 24 heavy (non-hydrogen) atoms. The summed E-state index contributed by atoms with van der Waals surface area (Å²) in [7, 11) is 0. The third-order valence-corrected chi connectivity index (χ3v) is 4.14. The minimum atomic E-state index is -0.173. The van der Waals surface area contributed by atoms with Crippen molar-refractivity contribution in [3.05, 3.63) is 70.5 Å². The monoisotopic (exact) mass is 336 g/mol. The molecular formula is C18H16N4OS. The SMILES string of the molecule is CCc1nnsc1C(=O)Nc1cccc(/C=C/c2ccccn2)c1. The fourth-order valence-corrected chi connectivity index (χ4v) is 2.82. The lowest BCUT2D eigenvalue weighted by Crippen LogP contribution is -2.12. The predicted molar refractivity (Wildman–Crippen MR) is 96.8 cm³/mol. The number of aromatic nitrogens is 3. The van der Waals surface area contributed by atoms with E-state index in [1.54, 1.807) is 6.20 Å². The molecule has 0 aliphatic rings. The second-order valence-electron chi connectivity index (χ2n) is 5.07. The summed E-state index contributed by atoms with van der Waals surface area (Å²) >= 11 is 1.12. The van der Waals surface area contributed by atoms with E-state index in [1.807, 2.05) is 61.5 Å². The minimum Gasteiger partial charge on any atom is -0.321 e. The Bertz CT molecular complexity index is 858. The highest BCUT2D eigenvalue weighted by atomic mass is 32.1. The average molecular weight is 336 g/mol. The summed E-state index contributed by atoms with van der Waals surface area (Å²) < 4.78 is 3.85. The van der Waals surface area contributed by atoms with E-state index >= 15 is 0 Å². The Morgan fingerprint density at radius 1 is 1.21 bits per heavy atom. The zero-order valence-corrected chi connectivity index (χ0v) is 14.0. The van der Waals surface area contributed by atoms with Crippen molar-refractivity contribution in [1.29, 1.82) is 0 Å². The van der Waals surface area contributed by atoms with E-state index in [2.05, 4.69) is 19.9 Å². The van der Waals surface area contributed by atoms with E-state index in [9.17, 15) is 4.79 Å². The average Bonchev–Trinajstić information content (AvgIpc) is 3.10. The number of carbonyl (C=O) groups excluding carboxylic acids is 1. The van der Waals surface area contributed by atoms with E-state index in [0.717, 1.165) is 34.2 Å². The van der Waals surface area contributed by atoms with Gasteiger partial charge in [-0.1, -0.05) is 35.7 Å². The number of rotatable bonds is 5. The first-order chi connectivity index (χ1) is 11.8. The number of nitrogens with one attached hydrogen (secondary N) is 1. The van der Waals surface area contributed by atoms with Crippen molar-refractivity contribution in [2.24, 2.45) is 0 Å². The van der Waals surface area contributed by atoms with E-state index in [1.165, 1.54) is 0 Å². The van der Waals surface area contributed by atoms with Crippen LogP contribution in [-0.2, 0) is 6.42 Å². The number of amides is 1. The van der Waals surface area contributed by atoms with Gasteiger partial charge in [0.2, 0.25) is 0 Å². The van der Waals surface area contributed by atoms with Crippen LogP contribution in [0.15, 0.2) is 48.7 Å². The number of hydrogen-bond acceptors (Lipinski definition) is 5. The van der Waals surface area contributed by atoms with Crippen molar-refractivity contribution in [2.45, 2.75) is 13.3 Å². The number of anilines is 1. The van der Waals surface area contributed by atoms with Crippen molar-refractivity contribution < 1.29 is 4.79 Å². The summed E-state index contributed by atoms with van der Waals surface area (Å²) in [5.41, 5.74) is 3.33. The van der Waals surface area contributed by atoms with Gasteiger partial charge in [-0.15, -0.1) is 5.10 Å². The maximum absolute atomic E-state index is 12.3. The van der Waals surface area contributed by atoms with Gasteiger partial charge in [0, 0.05) is 11.9 Å². The van der Waals surface area contributed by atoms with Crippen LogP contribution in [0.5, 0.6) is 0 Å². The maximum atomic E-state index is 12.3. The standard InChI is InChI=1S/C18H16N4OS/c1-2-16-17(24-22-21-16)18(23)20-15-8-5-6-13(12-15)9-10-14-7-3-4-11-19-14/h3-12H,2H2,1H3,(H,20,23)/b10-9+. The molecule has 0 saturated heterocycles. The normalized spacial score (nSPS) is 10.9. The zero-order chi connectivity index (χ0) is 16.8. The molecule has 5 nitrogen and oxygen atoms in total. The Morgan fingerprint density at radius 2 is 2.12 bits per heavy atom. The quantitative estimate of drug-likeness (QED) is 0.767. The third-order valence-electron chi connectivity index (χ3n) is 3.38. The van der Waals surface area contributed by atoms with Gasteiger partial charge in [-0.3, -0.25) is 9.78 Å². The summed E-state index contributed by atoms with van der Waals surface area (Å²) in [6.45, 7) is 1.95. The summed E-state index contributed by atoms with van der Waals surface area (Å²) in [4.78, 5) is 17.1. The Morgan fingerprint density at radius 3 is 2.92 bits per heavy atom. The van der Waals surface area contributed by atoms with Crippen molar-refractivity contribution in [3.8, 4) is 0 Å². The molecule has 0 fully saturated rings. The predicted octanol–water partition coefficient (Wildman–Crippen LogP) is 3.92. The summed E-state index contributed by atoms with van der Waals surface area (Å²) in [6, 6.07) is 13.4. The zero-order valence-electron chi connectivity index (χ0n) is 13.1. The molecule has 1 amide bonds. The van der Waals surface area contributed by atoms with Gasteiger partial charge in [-0.25, -0.2) is 0 Å². The molecule has 0 atom stereocenters. The van der Waals surface area contributed by atoms with Crippen molar-refractivity contribution >= 4 is 35.3 Å². The topological polar surface area (TPSA) is 67.8 Å². The fraction of sp³-hybridized carbons (Fsp3) is 0.111. The van der Waals surface area contributed by atoms with Gasteiger partial charge in [0.1, 0.15) is 4.88 Å². The van der Waals surface area contributed by atoms with Crippen molar-refractivity contribution in [3.63, 3.8) is 0 Å². The Balaban J connectivity index is 1.74. The van der Waals surface area contributed by atoms with Gasteiger partial charge in [0.05, 0.1) is 11.4 Å². The lowest BCUT2D eigenvalue weighted by molar-refractivity contribution is 0.102. The van der Waals surface area contributed by atoms with Crippen LogP contribution < -0.4 is 5.32 Å². The van der Waals surface area contributed by atoms with Crippen LogP contribution in [0.1, 0.15) is 33.5 Å². The molecule has 0 spiro atoms. The molecular weight excluding hydrogens is 320 g/mol. The van der Waals surface area contributed by atoms with E-state index in [0.29, 0.717) is 11.3 Å². The first-order valence-electron chi connectivity index (χ1n) is 7.58. The number of nitrogens with zero attached hydrogens (tertiary/aromatic N) is 3. The summed E-state index contributed by atoms with van der Waals surface area (Å²) in [5.74, 6) is -0.173. The van der Waals surface area contributed by atoms with Gasteiger partial charge < -0.3 is 5.32 Å². The smallest absolute Gasteiger partial charge is 0.269 e. The number of hydrogen-bond donors (Lipinski definition) is 1. The Kier molecular flexibility index (Phi) is 5.08. The largest absolute Gasteiger partial charge is 0.321 e. The molecule has 6 heteroatoms. The molecule has 0 bridgehead atoms. The minimum absolute atomic E-state index is 0.173. The molecule has 0 unspecified atom stereocenters. The molecule has 0 saturated carbocycles. The molecule has 0 aliphatic carbocycles. The van der Waals surface area contributed by atoms with Crippen LogP contribution in [0.25, 0.3) is 12.2 Å². The van der Waals surface area contributed by atoms with Crippen molar-refractivity contribution in [1.82, 2.24) is 14.6 Å². The van der Waals surface area contributed by atoms with E-state index in [4.69, 9.17) is 0 Å². The van der Waals surface area contributed by atoms with Crippen LogP contribution in [-0.4, -0.2) is 20.5 Å². The highest BCUT2D eigenvalue weighted by molar-refractivity contribution is 7.08. The number of benzene rings is 1. The highest BCUT2D eigenvalue weighted by Gasteiger charge is 2.14. The third kappa shape index (κ3) is 3.91. The van der Waals surface area contributed by atoms with Gasteiger partial charge in [-0.05, 0) is 53.9 Å². The fourth-order valence-electron chi connectivity index (χ4n) is 2.18. The summed E-state index contributed by atoms with van der Waals surface area (Å²) in [5, 5.41) is 6.87. The van der Waals surface area contributed by atoms with Gasteiger partial charge >= 0.3 is 0 Å². The number of carbonyl (C=O) groups is 1. The molecule has 3 rings (SSSR count). The molecule has 2 aromatic heterocycles.